The van der Waals surface area contributed by atoms with Crippen LogP contribution in [0.3, 0.4) is 0 Å². The Balaban J connectivity index is 0.00000261. The zero-order chi connectivity index (χ0) is 18.5. The predicted octanol–water partition coefficient (Wildman–Crippen LogP) is 1.47. The zero-order valence-corrected chi connectivity index (χ0v) is 16.7. The van der Waals surface area contributed by atoms with Gasteiger partial charge in [0.25, 0.3) is 5.91 Å². The van der Waals surface area contributed by atoms with Gasteiger partial charge in [0.15, 0.2) is 0 Å². The molecule has 2 aliphatic heterocycles. The molecule has 3 rings (SSSR count). The van der Waals surface area contributed by atoms with Crippen molar-refractivity contribution in [2.24, 2.45) is 11.7 Å². The summed E-state index contributed by atoms with van der Waals surface area (Å²) >= 11 is 1.61. The number of fused-ring (bicyclic) bond motifs is 1. The van der Waals surface area contributed by atoms with Crippen LogP contribution in [0.1, 0.15) is 29.6 Å². The smallest absolute Gasteiger partial charge is 0.253 e. The number of amides is 3. The second-order valence-electron chi connectivity index (χ2n) is 6.53. The summed E-state index contributed by atoms with van der Waals surface area (Å²) in [5, 5.41) is 5.67. The lowest BCUT2D eigenvalue weighted by molar-refractivity contribution is -0.126. The summed E-state index contributed by atoms with van der Waals surface area (Å²) in [7, 11) is 0. The van der Waals surface area contributed by atoms with Crippen LogP contribution in [-0.2, 0) is 9.59 Å². The SMILES string of the molecule is Cl.NCCNC(=O)C1CCCN(C(=O)c2ccc3c(c2)NC(=O)CCS3)C1. The van der Waals surface area contributed by atoms with Crippen LogP contribution in [0.2, 0.25) is 0 Å². The molecular formula is C18H25ClN4O3S. The summed E-state index contributed by atoms with van der Waals surface area (Å²) in [4.78, 5) is 39.5. The Morgan fingerprint density at radius 1 is 1.37 bits per heavy atom. The van der Waals surface area contributed by atoms with Gasteiger partial charge >= 0.3 is 0 Å². The third-order valence-electron chi connectivity index (χ3n) is 4.61. The summed E-state index contributed by atoms with van der Waals surface area (Å²) in [6.45, 7) is 1.90. The molecule has 0 aliphatic carbocycles. The Kier molecular flexibility index (Phi) is 7.94. The van der Waals surface area contributed by atoms with E-state index in [0.29, 0.717) is 43.9 Å². The molecule has 0 saturated carbocycles. The summed E-state index contributed by atoms with van der Waals surface area (Å²) < 4.78 is 0. The molecule has 1 aromatic rings. The van der Waals surface area contributed by atoms with Crippen molar-refractivity contribution in [3.05, 3.63) is 23.8 Å². The van der Waals surface area contributed by atoms with Gasteiger partial charge < -0.3 is 21.3 Å². The molecule has 0 radical (unpaired) electrons. The molecule has 0 spiro atoms. The van der Waals surface area contributed by atoms with Crippen molar-refractivity contribution in [1.82, 2.24) is 10.2 Å². The van der Waals surface area contributed by atoms with Crippen LogP contribution < -0.4 is 16.4 Å². The van der Waals surface area contributed by atoms with Crippen LogP contribution in [0.15, 0.2) is 23.1 Å². The molecule has 0 bridgehead atoms. The van der Waals surface area contributed by atoms with Crippen molar-refractivity contribution in [2.75, 3.05) is 37.2 Å². The summed E-state index contributed by atoms with van der Waals surface area (Å²) in [6, 6.07) is 5.42. The Bertz CT molecular complexity index is 716. The van der Waals surface area contributed by atoms with E-state index in [-0.39, 0.29) is 36.0 Å². The maximum Gasteiger partial charge on any atom is 0.253 e. The molecule has 27 heavy (non-hydrogen) atoms. The van der Waals surface area contributed by atoms with E-state index in [1.807, 2.05) is 6.07 Å². The number of rotatable bonds is 4. The molecule has 4 N–H and O–H groups in total. The number of piperidine rings is 1. The van der Waals surface area contributed by atoms with Crippen molar-refractivity contribution in [3.8, 4) is 0 Å². The quantitative estimate of drug-likeness (QED) is 0.694. The van der Waals surface area contributed by atoms with E-state index in [1.165, 1.54) is 0 Å². The van der Waals surface area contributed by atoms with Crippen LogP contribution in [0.5, 0.6) is 0 Å². The Morgan fingerprint density at radius 3 is 2.96 bits per heavy atom. The number of nitrogens with zero attached hydrogens (tertiary/aromatic N) is 1. The van der Waals surface area contributed by atoms with Gasteiger partial charge in [0.2, 0.25) is 11.8 Å². The molecule has 2 aliphatic rings. The van der Waals surface area contributed by atoms with Gasteiger partial charge in [-0.3, -0.25) is 14.4 Å². The van der Waals surface area contributed by atoms with Crippen molar-refractivity contribution < 1.29 is 14.4 Å². The number of halogens is 1. The van der Waals surface area contributed by atoms with Crippen molar-refractivity contribution in [2.45, 2.75) is 24.2 Å². The average molecular weight is 413 g/mol. The van der Waals surface area contributed by atoms with Gasteiger partial charge in [0, 0.05) is 48.8 Å². The monoisotopic (exact) mass is 412 g/mol. The topological polar surface area (TPSA) is 105 Å². The number of hydrogen-bond donors (Lipinski definition) is 3. The van der Waals surface area contributed by atoms with Crippen molar-refractivity contribution >= 4 is 47.6 Å². The van der Waals surface area contributed by atoms with Gasteiger partial charge in [-0.25, -0.2) is 0 Å². The number of thioether (sulfide) groups is 1. The van der Waals surface area contributed by atoms with Gasteiger partial charge in [-0.05, 0) is 31.0 Å². The fraction of sp³-hybridized carbons (Fsp3) is 0.500. The minimum Gasteiger partial charge on any atom is -0.355 e. The normalized spacial score (nSPS) is 19.2. The maximum atomic E-state index is 12.9. The van der Waals surface area contributed by atoms with Crippen LogP contribution in [-0.4, -0.2) is 54.6 Å². The molecule has 7 nitrogen and oxygen atoms in total. The standard InChI is InChI=1S/C18H24N4O3S.ClH/c19-6-7-20-17(24)13-2-1-8-22(11-13)18(25)12-3-4-15-14(10-12)21-16(23)5-9-26-15;/h3-4,10,13H,1-2,5-9,11,19H2,(H,20,24)(H,21,23);1H. The first-order chi connectivity index (χ1) is 12.6. The molecule has 1 fully saturated rings. The zero-order valence-electron chi connectivity index (χ0n) is 15.0. The first kappa shape index (κ1) is 21.5. The lowest BCUT2D eigenvalue weighted by Crippen LogP contribution is -2.46. The highest BCUT2D eigenvalue weighted by atomic mass is 35.5. The third kappa shape index (κ3) is 5.37. The highest BCUT2D eigenvalue weighted by Crippen LogP contribution is 2.32. The average Bonchev–Trinajstić information content (AvgIpc) is 2.85. The molecule has 9 heteroatoms. The number of carbonyl (C=O) groups is 3. The number of nitrogens with one attached hydrogen (secondary N) is 2. The molecule has 1 aromatic carbocycles. The van der Waals surface area contributed by atoms with Gasteiger partial charge in [0.05, 0.1) is 11.6 Å². The lowest BCUT2D eigenvalue weighted by atomic mass is 9.96. The van der Waals surface area contributed by atoms with Crippen molar-refractivity contribution in [1.29, 1.82) is 0 Å². The molecule has 1 saturated heterocycles. The first-order valence-electron chi connectivity index (χ1n) is 8.92. The van der Waals surface area contributed by atoms with E-state index in [1.54, 1.807) is 28.8 Å². The summed E-state index contributed by atoms with van der Waals surface area (Å²) in [5.41, 5.74) is 6.65. The maximum absolute atomic E-state index is 12.9. The van der Waals surface area contributed by atoms with Crippen LogP contribution >= 0.6 is 24.2 Å². The number of likely N-dealkylation sites (tertiary alicyclic amines) is 1. The number of anilines is 1. The van der Waals surface area contributed by atoms with Crippen molar-refractivity contribution in [3.63, 3.8) is 0 Å². The molecular weight excluding hydrogens is 388 g/mol. The number of hydrogen-bond acceptors (Lipinski definition) is 5. The van der Waals surface area contributed by atoms with E-state index < -0.39 is 0 Å². The van der Waals surface area contributed by atoms with E-state index >= 15 is 0 Å². The minimum atomic E-state index is -0.199. The fourth-order valence-electron chi connectivity index (χ4n) is 3.25. The van der Waals surface area contributed by atoms with E-state index in [9.17, 15) is 14.4 Å². The predicted molar refractivity (Wildman–Crippen MR) is 108 cm³/mol. The second kappa shape index (κ2) is 9.96. The molecule has 2 heterocycles. The molecule has 1 unspecified atom stereocenters. The Hall–Kier alpha value is -1.77. The Labute approximate surface area is 169 Å². The van der Waals surface area contributed by atoms with Crippen LogP contribution in [0.25, 0.3) is 0 Å². The molecule has 1 atom stereocenters. The molecule has 3 amide bonds. The van der Waals surface area contributed by atoms with E-state index in [2.05, 4.69) is 10.6 Å². The van der Waals surface area contributed by atoms with Gasteiger partial charge in [-0.2, -0.15) is 0 Å². The highest BCUT2D eigenvalue weighted by Gasteiger charge is 2.29. The third-order valence-corrected chi connectivity index (χ3v) is 5.69. The molecule has 0 aromatic heterocycles. The first-order valence-corrected chi connectivity index (χ1v) is 9.91. The summed E-state index contributed by atoms with van der Waals surface area (Å²) in [6.07, 6.45) is 2.04. The highest BCUT2D eigenvalue weighted by molar-refractivity contribution is 7.99. The largest absolute Gasteiger partial charge is 0.355 e. The minimum absolute atomic E-state index is 0. The van der Waals surface area contributed by atoms with Crippen LogP contribution in [0, 0.1) is 5.92 Å². The van der Waals surface area contributed by atoms with Gasteiger partial charge in [0.1, 0.15) is 0 Å². The van der Waals surface area contributed by atoms with Gasteiger partial charge in [-0.15, -0.1) is 24.2 Å². The molecule has 148 valence electrons. The number of carbonyl (C=O) groups excluding carboxylic acids is 3. The van der Waals surface area contributed by atoms with Gasteiger partial charge in [-0.1, -0.05) is 0 Å². The fourth-order valence-corrected chi connectivity index (χ4v) is 4.19. The van der Waals surface area contributed by atoms with E-state index in [4.69, 9.17) is 5.73 Å². The summed E-state index contributed by atoms with van der Waals surface area (Å²) in [5.74, 6) is 0.356. The van der Waals surface area contributed by atoms with Crippen LogP contribution in [0.4, 0.5) is 5.69 Å². The lowest BCUT2D eigenvalue weighted by Gasteiger charge is -2.32. The second-order valence-corrected chi connectivity index (χ2v) is 7.66. The number of nitrogens with two attached hydrogens (primary N) is 1. The van der Waals surface area contributed by atoms with E-state index in [0.717, 1.165) is 23.5 Å². The Morgan fingerprint density at radius 2 is 2.19 bits per heavy atom. The number of benzene rings is 1.